The molecule has 3 rings (SSSR count). The van der Waals surface area contributed by atoms with Gasteiger partial charge in [0.15, 0.2) is 0 Å². The molecular formula is C19H25N3OS. The highest BCUT2D eigenvalue weighted by Gasteiger charge is 2.29. The van der Waals surface area contributed by atoms with Gasteiger partial charge in [-0.1, -0.05) is 29.8 Å². The largest absolute Gasteiger partial charge is 0.348 e. The van der Waals surface area contributed by atoms with Crippen molar-refractivity contribution in [1.29, 1.82) is 0 Å². The van der Waals surface area contributed by atoms with Crippen LogP contribution in [0.4, 0.5) is 0 Å². The number of likely N-dealkylation sites (N-methyl/N-ethyl adjacent to an activating group) is 1. The van der Waals surface area contributed by atoms with E-state index in [2.05, 4.69) is 46.5 Å². The highest BCUT2D eigenvalue weighted by Crippen LogP contribution is 2.30. The van der Waals surface area contributed by atoms with Crippen molar-refractivity contribution < 1.29 is 4.79 Å². The summed E-state index contributed by atoms with van der Waals surface area (Å²) in [6.45, 7) is 3.97. The molecule has 1 amide bonds. The molecule has 0 unspecified atom stereocenters. The smallest absolute Gasteiger partial charge is 0.228 e. The molecule has 1 saturated carbocycles. The average molecular weight is 343 g/mol. The van der Waals surface area contributed by atoms with Crippen LogP contribution in [-0.4, -0.2) is 40.8 Å². The molecule has 24 heavy (non-hydrogen) atoms. The highest BCUT2D eigenvalue weighted by molar-refractivity contribution is 7.09. The fourth-order valence-electron chi connectivity index (χ4n) is 2.80. The van der Waals surface area contributed by atoms with E-state index in [-0.39, 0.29) is 5.91 Å². The topological polar surface area (TPSA) is 36.4 Å². The van der Waals surface area contributed by atoms with Crippen molar-refractivity contribution in [3.63, 3.8) is 0 Å². The lowest BCUT2D eigenvalue weighted by Gasteiger charge is -2.21. The standard InChI is InChI=1S/C19H25N3OS/c1-14-5-4-6-15(9-14)11-22(17-7-8-17)12-16-13-24-18(20-16)10-19(23)21(2)3/h4-6,9,13,17H,7-8,10-12H2,1-3H3. The molecule has 2 aromatic rings. The van der Waals surface area contributed by atoms with Crippen LogP contribution < -0.4 is 0 Å². The van der Waals surface area contributed by atoms with Gasteiger partial charge in [0.1, 0.15) is 5.01 Å². The molecule has 0 spiro atoms. The van der Waals surface area contributed by atoms with E-state index in [0.717, 1.165) is 23.8 Å². The number of benzene rings is 1. The number of nitrogens with zero attached hydrogens (tertiary/aromatic N) is 3. The Morgan fingerprint density at radius 2 is 2.08 bits per heavy atom. The van der Waals surface area contributed by atoms with E-state index in [1.165, 1.54) is 24.0 Å². The van der Waals surface area contributed by atoms with Crippen molar-refractivity contribution in [2.24, 2.45) is 0 Å². The van der Waals surface area contributed by atoms with Crippen molar-refractivity contribution >= 4 is 17.2 Å². The van der Waals surface area contributed by atoms with Crippen LogP contribution in [-0.2, 0) is 24.3 Å². The lowest BCUT2D eigenvalue weighted by atomic mass is 10.1. The summed E-state index contributed by atoms with van der Waals surface area (Å²) in [6, 6.07) is 9.41. The van der Waals surface area contributed by atoms with Crippen LogP contribution in [0.2, 0.25) is 0 Å². The number of carbonyl (C=O) groups is 1. The SMILES string of the molecule is Cc1cccc(CN(Cc2csc(CC(=O)N(C)C)n2)C2CC2)c1. The first-order valence-corrected chi connectivity index (χ1v) is 9.32. The Morgan fingerprint density at radius 1 is 1.29 bits per heavy atom. The first-order valence-electron chi connectivity index (χ1n) is 8.44. The van der Waals surface area contributed by atoms with Gasteiger partial charge in [-0.15, -0.1) is 11.3 Å². The third-order valence-corrected chi connectivity index (χ3v) is 5.19. The van der Waals surface area contributed by atoms with Gasteiger partial charge in [-0.05, 0) is 25.3 Å². The van der Waals surface area contributed by atoms with Crippen molar-refractivity contribution in [3.05, 3.63) is 51.5 Å². The Kier molecular flexibility index (Phi) is 5.31. The fourth-order valence-corrected chi connectivity index (χ4v) is 3.57. The Labute approximate surface area is 148 Å². The number of thiazole rings is 1. The van der Waals surface area contributed by atoms with Crippen LogP contribution in [0, 0.1) is 6.92 Å². The predicted molar refractivity (Wildman–Crippen MR) is 98.0 cm³/mol. The Morgan fingerprint density at radius 3 is 2.75 bits per heavy atom. The van der Waals surface area contributed by atoms with Gasteiger partial charge in [0, 0.05) is 38.6 Å². The highest BCUT2D eigenvalue weighted by atomic mass is 32.1. The minimum absolute atomic E-state index is 0.106. The number of hydrogen-bond acceptors (Lipinski definition) is 4. The molecule has 0 saturated heterocycles. The molecule has 0 atom stereocenters. The maximum atomic E-state index is 11.8. The molecular weight excluding hydrogens is 318 g/mol. The van der Waals surface area contributed by atoms with Gasteiger partial charge >= 0.3 is 0 Å². The number of rotatable bonds is 7. The van der Waals surface area contributed by atoms with Gasteiger partial charge in [0.25, 0.3) is 0 Å². The van der Waals surface area contributed by atoms with E-state index in [0.29, 0.717) is 12.5 Å². The summed E-state index contributed by atoms with van der Waals surface area (Å²) >= 11 is 1.59. The van der Waals surface area contributed by atoms with E-state index < -0.39 is 0 Å². The third kappa shape index (κ3) is 4.65. The van der Waals surface area contributed by atoms with Crippen LogP contribution in [0.15, 0.2) is 29.6 Å². The molecule has 4 nitrogen and oxygen atoms in total. The molecule has 1 heterocycles. The number of carbonyl (C=O) groups excluding carboxylic acids is 1. The molecule has 1 aromatic heterocycles. The lowest BCUT2D eigenvalue weighted by Crippen LogP contribution is -2.25. The number of amides is 1. The van der Waals surface area contributed by atoms with Gasteiger partial charge < -0.3 is 4.90 Å². The van der Waals surface area contributed by atoms with Crippen molar-refractivity contribution in [1.82, 2.24) is 14.8 Å². The zero-order chi connectivity index (χ0) is 17.1. The minimum atomic E-state index is 0.106. The molecule has 1 aliphatic carbocycles. The van der Waals surface area contributed by atoms with Crippen LogP contribution in [0.1, 0.15) is 34.7 Å². The summed E-state index contributed by atoms with van der Waals surface area (Å²) in [6.07, 6.45) is 2.96. The Hall–Kier alpha value is -1.72. The van der Waals surface area contributed by atoms with Crippen LogP contribution in [0.5, 0.6) is 0 Å². The van der Waals surface area contributed by atoms with Crippen LogP contribution in [0.3, 0.4) is 0 Å². The van der Waals surface area contributed by atoms with Crippen molar-refractivity contribution in [2.75, 3.05) is 14.1 Å². The number of aryl methyl sites for hydroxylation is 1. The lowest BCUT2D eigenvalue weighted by molar-refractivity contribution is -0.127. The summed E-state index contributed by atoms with van der Waals surface area (Å²) in [5.41, 5.74) is 3.75. The molecule has 128 valence electrons. The predicted octanol–water partition coefficient (Wildman–Crippen LogP) is 3.25. The Bertz CT molecular complexity index is 706. The number of aromatic nitrogens is 1. The van der Waals surface area contributed by atoms with Crippen LogP contribution in [0.25, 0.3) is 0 Å². The maximum Gasteiger partial charge on any atom is 0.228 e. The second kappa shape index (κ2) is 7.45. The molecule has 5 heteroatoms. The molecule has 0 bridgehead atoms. The van der Waals surface area contributed by atoms with Crippen LogP contribution >= 0.6 is 11.3 Å². The van der Waals surface area contributed by atoms with Gasteiger partial charge in [-0.3, -0.25) is 9.69 Å². The first kappa shape index (κ1) is 17.1. The van der Waals surface area contributed by atoms with E-state index in [1.54, 1.807) is 30.3 Å². The van der Waals surface area contributed by atoms with E-state index in [1.807, 2.05) is 0 Å². The summed E-state index contributed by atoms with van der Waals surface area (Å²) in [4.78, 5) is 20.6. The average Bonchev–Trinajstić information content (AvgIpc) is 3.29. The second-order valence-electron chi connectivity index (χ2n) is 6.82. The summed E-state index contributed by atoms with van der Waals surface area (Å²) in [7, 11) is 3.57. The monoisotopic (exact) mass is 343 g/mol. The summed E-state index contributed by atoms with van der Waals surface area (Å²) < 4.78 is 0. The van der Waals surface area contributed by atoms with Gasteiger partial charge in [-0.25, -0.2) is 4.98 Å². The Balaban J connectivity index is 1.64. The second-order valence-corrected chi connectivity index (χ2v) is 7.77. The molecule has 1 aliphatic rings. The van der Waals surface area contributed by atoms with Crippen molar-refractivity contribution in [2.45, 2.75) is 45.3 Å². The van der Waals surface area contributed by atoms with E-state index >= 15 is 0 Å². The van der Waals surface area contributed by atoms with E-state index in [9.17, 15) is 4.79 Å². The van der Waals surface area contributed by atoms with Gasteiger partial charge in [0.05, 0.1) is 12.1 Å². The first-order chi connectivity index (χ1) is 11.5. The van der Waals surface area contributed by atoms with Crippen molar-refractivity contribution in [3.8, 4) is 0 Å². The fraction of sp³-hybridized carbons (Fsp3) is 0.474. The molecule has 0 radical (unpaired) electrons. The maximum absolute atomic E-state index is 11.8. The minimum Gasteiger partial charge on any atom is -0.348 e. The molecule has 1 fully saturated rings. The van der Waals surface area contributed by atoms with Gasteiger partial charge in [-0.2, -0.15) is 0 Å². The molecule has 1 aromatic carbocycles. The van der Waals surface area contributed by atoms with E-state index in [4.69, 9.17) is 0 Å². The quantitative estimate of drug-likeness (QED) is 0.774. The molecule has 0 aliphatic heterocycles. The zero-order valence-corrected chi connectivity index (χ0v) is 15.5. The number of hydrogen-bond donors (Lipinski definition) is 0. The third-order valence-electron chi connectivity index (χ3n) is 4.30. The molecule has 0 N–H and O–H groups in total. The summed E-state index contributed by atoms with van der Waals surface area (Å²) in [5.74, 6) is 0.106. The summed E-state index contributed by atoms with van der Waals surface area (Å²) in [5, 5.41) is 3.01. The zero-order valence-electron chi connectivity index (χ0n) is 14.7. The van der Waals surface area contributed by atoms with Gasteiger partial charge in [0.2, 0.25) is 5.91 Å². The normalized spacial score (nSPS) is 14.2.